The zero-order chi connectivity index (χ0) is 15.2. The summed E-state index contributed by atoms with van der Waals surface area (Å²) in [5.41, 5.74) is -0.771. The van der Waals surface area contributed by atoms with Gasteiger partial charge in [0.1, 0.15) is 0 Å². The summed E-state index contributed by atoms with van der Waals surface area (Å²) in [4.78, 5) is 24.4. The minimum Gasteiger partial charge on any atom is -0.481 e. The number of nitrogens with one attached hydrogen (secondary N) is 1. The molecule has 0 saturated carbocycles. The summed E-state index contributed by atoms with van der Waals surface area (Å²) < 4.78 is 5.43. The van der Waals surface area contributed by atoms with E-state index in [1.54, 1.807) is 18.7 Å². The third-order valence-electron chi connectivity index (χ3n) is 3.21. The van der Waals surface area contributed by atoms with Crippen molar-refractivity contribution in [1.82, 2.24) is 10.2 Å². The normalized spacial score (nSPS) is 17.1. The first-order valence-corrected chi connectivity index (χ1v) is 6.85. The fourth-order valence-corrected chi connectivity index (χ4v) is 2.24. The Morgan fingerprint density at radius 1 is 1.35 bits per heavy atom. The van der Waals surface area contributed by atoms with Crippen molar-refractivity contribution in [3.63, 3.8) is 0 Å². The van der Waals surface area contributed by atoms with Crippen LogP contribution in [0.1, 0.15) is 33.1 Å². The summed E-state index contributed by atoms with van der Waals surface area (Å²) in [5.74, 6) is -0.939. The minimum absolute atomic E-state index is 0.00405. The Kier molecular flexibility index (Phi) is 6.22. The van der Waals surface area contributed by atoms with Crippen LogP contribution in [0, 0.1) is 0 Å². The van der Waals surface area contributed by atoms with Gasteiger partial charge in [0.15, 0.2) is 0 Å². The first kappa shape index (κ1) is 16.7. The van der Waals surface area contributed by atoms with Crippen LogP contribution < -0.4 is 5.32 Å². The molecule has 0 aliphatic carbocycles. The number of carbonyl (C=O) groups excluding carboxylic acids is 1. The maximum atomic E-state index is 12.1. The second-order valence-corrected chi connectivity index (χ2v) is 5.67. The van der Waals surface area contributed by atoms with Gasteiger partial charge in [0.2, 0.25) is 0 Å². The fourth-order valence-electron chi connectivity index (χ4n) is 2.24. The standard InChI is InChI=1S/C13H24N2O5/c1-13(2,9-11(17)18)14-12(19)15-5-3-10(4-6-15)20-8-7-16/h10,16H,3-9H2,1-2H3,(H,14,19)(H,17,18). The van der Waals surface area contributed by atoms with Crippen LogP contribution in [-0.4, -0.2) is 65.1 Å². The molecule has 3 N–H and O–H groups in total. The van der Waals surface area contributed by atoms with Crippen LogP contribution in [0.15, 0.2) is 0 Å². The van der Waals surface area contributed by atoms with Crippen molar-refractivity contribution in [3.05, 3.63) is 0 Å². The molecule has 2 amide bonds. The van der Waals surface area contributed by atoms with E-state index in [0.29, 0.717) is 19.7 Å². The van der Waals surface area contributed by atoms with Crippen LogP contribution in [0.3, 0.4) is 0 Å². The number of carboxylic acid groups (broad SMARTS) is 1. The third kappa shape index (κ3) is 5.75. The lowest BCUT2D eigenvalue weighted by Crippen LogP contribution is -2.53. The molecule has 0 bridgehead atoms. The van der Waals surface area contributed by atoms with E-state index in [-0.39, 0.29) is 25.2 Å². The lowest BCUT2D eigenvalue weighted by Gasteiger charge is -2.34. The van der Waals surface area contributed by atoms with Crippen molar-refractivity contribution in [2.45, 2.75) is 44.8 Å². The third-order valence-corrected chi connectivity index (χ3v) is 3.21. The van der Waals surface area contributed by atoms with Crippen LogP contribution in [0.4, 0.5) is 4.79 Å². The number of nitrogens with zero attached hydrogens (tertiary/aromatic N) is 1. The van der Waals surface area contributed by atoms with Crippen molar-refractivity contribution in [3.8, 4) is 0 Å². The van der Waals surface area contributed by atoms with Crippen LogP contribution in [-0.2, 0) is 9.53 Å². The molecule has 0 aromatic heterocycles. The molecule has 1 heterocycles. The molecular weight excluding hydrogens is 264 g/mol. The topological polar surface area (TPSA) is 99.1 Å². The largest absolute Gasteiger partial charge is 0.481 e. The second kappa shape index (κ2) is 7.44. The van der Waals surface area contributed by atoms with E-state index >= 15 is 0 Å². The molecule has 0 aromatic carbocycles. The number of carbonyl (C=O) groups is 2. The maximum absolute atomic E-state index is 12.1. The Hall–Kier alpha value is -1.34. The summed E-state index contributed by atoms with van der Waals surface area (Å²) in [7, 11) is 0. The predicted octanol–water partition coefficient (Wildman–Crippen LogP) is 0.423. The molecule has 7 nitrogen and oxygen atoms in total. The Labute approximate surface area is 118 Å². The molecule has 0 aromatic rings. The smallest absolute Gasteiger partial charge is 0.317 e. The number of piperidine rings is 1. The highest BCUT2D eigenvalue weighted by Crippen LogP contribution is 2.15. The highest BCUT2D eigenvalue weighted by molar-refractivity contribution is 5.76. The van der Waals surface area contributed by atoms with E-state index in [0.717, 1.165) is 12.8 Å². The van der Waals surface area contributed by atoms with Gasteiger partial charge in [-0.3, -0.25) is 4.79 Å². The van der Waals surface area contributed by atoms with Gasteiger partial charge in [-0.05, 0) is 26.7 Å². The number of urea groups is 1. The van der Waals surface area contributed by atoms with Crippen molar-refractivity contribution in [1.29, 1.82) is 0 Å². The zero-order valence-electron chi connectivity index (χ0n) is 12.1. The van der Waals surface area contributed by atoms with Crippen molar-refractivity contribution >= 4 is 12.0 Å². The number of hydrogen-bond acceptors (Lipinski definition) is 4. The first-order chi connectivity index (χ1) is 9.34. The van der Waals surface area contributed by atoms with E-state index in [1.165, 1.54) is 0 Å². The van der Waals surface area contributed by atoms with Gasteiger partial charge >= 0.3 is 12.0 Å². The molecule has 0 radical (unpaired) electrons. The Morgan fingerprint density at radius 2 is 1.95 bits per heavy atom. The number of likely N-dealkylation sites (tertiary alicyclic amines) is 1. The van der Waals surface area contributed by atoms with Gasteiger partial charge in [0.05, 0.1) is 25.7 Å². The van der Waals surface area contributed by atoms with Crippen LogP contribution in [0.5, 0.6) is 0 Å². The summed E-state index contributed by atoms with van der Waals surface area (Å²) in [6.45, 7) is 4.86. The summed E-state index contributed by atoms with van der Waals surface area (Å²) in [5, 5.41) is 20.2. The van der Waals surface area contributed by atoms with E-state index < -0.39 is 11.5 Å². The number of rotatable bonds is 6. The monoisotopic (exact) mass is 288 g/mol. The lowest BCUT2D eigenvalue weighted by atomic mass is 10.0. The lowest BCUT2D eigenvalue weighted by molar-refractivity contribution is -0.138. The summed E-state index contributed by atoms with van der Waals surface area (Å²) >= 11 is 0. The molecule has 116 valence electrons. The fraction of sp³-hybridized carbons (Fsp3) is 0.846. The SMILES string of the molecule is CC(C)(CC(=O)O)NC(=O)N1CCC(OCCO)CC1. The van der Waals surface area contributed by atoms with Gasteiger partial charge < -0.3 is 25.2 Å². The van der Waals surface area contributed by atoms with E-state index in [4.69, 9.17) is 14.9 Å². The highest BCUT2D eigenvalue weighted by Gasteiger charge is 2.28. The van der Waals surface area contributed by atoms with Gasteiger partial charge in [-0.25, -0.2) is 4.79 Å². The number of ether oxygens (including phenoxy) is 1. The second-order valence-electron chi connectivity index (χ2n) is 5.67. The molecule has 1 aliphatic rings. The molecular formula is C13H24N2O5. The predicted molar refractivity (Wildman–Crippen MR) is 72.5 cm³/mol. The molecule has 1 saturated heterocycles. The van der Waals surface area contributed by atoms with Crippen LogP contribution in [0.25, 0.3) is 0 Å². The number of carboxylic acids is 1. The molecule has 1 aliphatic heterocycles. The van der Waals surface area contributed by atoms with E-state index in [9.17, 15) is 9.59 Å². The number of amides is 2. The van der Waals surface area contributed by atoms with E-state index in [2.05, 4.69) is 5.32 Å². The van der Waals surface area contributed by atoms with Gasteiger partial charge in [0.25, 0.3) is 0 Å². The molecule has 0 spiro atoms. The number of aliphatic carboxylic acids is 1. The van der Waals surface area contributed by atoms with Crippen molar-refractivity contribution in [2.75, 3.05) is 26.3 Å². The summed E-state index contributed by atoms with van der Waals surface area (Å²) in [6, 6.07) is -0.239. The van der Waals surface area contributed by atoms with Crippen LogP contribution in [0.2, 0.25) is 0 Å². The molecule has 0 unspecified atom stereocenters. The van der Waals surface area contributed by atoms with Gasteiger partial charge in [-0.15, -0.1) is 0 Å². The average molecular weight is 288 g/mol. The molecule has 1 rings (SSSR count). The highest BCUT2D eigenvalue weighted by atomic mass is 16.5. The van der Waals surface area contributed by atoms with Gasteiger partial charge in [-0.1, -0.05) is 0 Å². The number of aliphatic hydroxyl groups excluding tert-OH is 1. The molecule has 1 fully saturated rings. The Balaban J connectivity index is 2.37. The van der Waals surface area contributed by atoms with Crippen molar-refractivity contribution in [2.24, 2.45) is 0 Å². The number of aliphatic hydroxyl groups is 1. The van der Waals surface area contributed by atoms with Gasteiger partial charge in [0, 0.05) is 18.6 Å². The quantitative estimate of drug-likeness (QED) is 0.658. The first-order valence-electron chi connectivity index (χ1n) is 6.85. The van der Waals surface area contributed by atoms with Crippen LogP contribution >= 0.6 is 0 Å². The average Bonchev–Trinajstić information content (AvgIpc) is 2.34. The molecule has 7 heteroatoms. The minimum atomic E-state index is -0.939. The molecule has 20 heavy (non-hydrogen) atoms. The van der Waals surface area contributed by atoms with Gasteiger partial charge in [-0.2, -0.15) is 0 Å². The zero-order valence-corrected chi connectivity index (χ0v) is 12.1. The van der Waals surface area contributed by atoms with E-state index in [1.807, 2.05) is 0 Å². The maximum Gasteiger partial charge on any atom is 0.317 e. The Bertz CT molecular complexity index is 338. The molecule has 0 atom stereocenters. The summed E-state index contributed by atoms with van der Waals surface area (Å²) in [6.07, 6.45) is 1.42. The van der Waals surface area contributed by atoms with Crippen molar-refractivity contribution < 1.29 is 24.5 Å². The Morgan fingerprint density at radius 3 is 2.45 bits per heavy atom. The number of hydrogen-bond donors (Lipinski definition) is 3.